The number of benzene rings is 3. The molecule has 0 radical (unpaired) electrons. The third-order valence-corrected chi connectivity index (χ3v) is 6.05. The number of nitrogens with zero attached hydrogens (tertiary/aromatic N) is 2. The lowest BCUT2D eigenvalue weighted by Gasteiger charge is -2.14. The minimum atomic E-state index is -5.31. The predicted molar refractivity (Wildman–Crippen MR) is 132 cm³/mol. The molecule has 0 saturated carbocycles. The van der Waals surface area contributed by atoms with Crippen molar-refractivity contribution < 1.29 is 32.6 Å². The summed E-state index contributed by atoms with van der Waals surface area (Å²) in [5.41, 5.74) is 3.36. The topological polar surface area (TPSA) is 81.4 Å². The Kier molecular flexibility index (Phi) is 7.33. The van der Waals surface area contributed by atoms with Crippen molar-refractivity contribution in [2.24, 2.45) is 0 Å². The van der Waals surface area contributed by atoms with Gasteiger partial charge in [0.05, 0.1) is 11.1 Å². The van der Waals surface area contributed by atoms with Gasteiger partial charge in [-0.2, -0.15) is 13.2 Å². The second kappa shape index (κ2) is 10.5. The zero-order chi connectivity index (χ0) is 26.7. The van der Waals surface area contributed by atoms with Gasteiger partial charge in [-0.1, -0.05) is 61.9 Å². The van der Waals surface area contributed by atoms with Crippen molar-refractivity contribution in [3.05, 3.63) is 83.2 Å². The van der Waals surface area contributed by atoms with E-state index in [1.54, 1.807) is 54.6 Å². The molecule has 0 fully saturated rings. The average Bonchev–Trinajstić information content (AvgIpc) is 3.24. The Morgan fingerprint density at radius 1 is 1.05 bits per heavy atom. The molecule has 0 spiro atoms. The molecule has 6 nitrogen and oxygen atoms in total. The fourth-order valence-electron chi connectivity index (χ4n) is 4.20. The zero-order valence-corrected chi connectivity index (χ0v) is 20.3. The molecule has 0 unspecified atom stereocenters. The van der Waals surface area contributed by atoms with Gasteiger partial charge in [0.1, 0.15) is 17.1 Å². The summed E-state index contributed by atoms with van der Waals surface area (Å²) in [6.45, 7) is 4.14. The van der Waals surface area contributed by atoms with E-state index in [9.17, 15) is 27.9 Å². The number of hydrogen-bond acceptors (Lipinski definition) is 5. The lowest BCUT2D eigenvalue weighted by Crippen LogP contribution is -2.28. The second-order valence-electron chi connectivity index (χ2n) is 8.74. The molecular weight excluding hydrogens is 485 g/mol. The molecule has 3 aromatic carbocycles. The van der Waals surface area contributed by atoms with Crippen molar-refractivity contribution >= 4 is 23.0 Å². The summed E-state index contributed by atoms with van der Waals surface area (Å²) >= 11 is 0. The number of aryl methyl sites for hydroxylation is 2. The molecule has 1 aromatic heterocycles. The Hall–Kier alpha value is -4.14. The molecule has 4 aromatic rings. The van der Waals surface area contributed by atoms with E-state index in [0.717, 1.165) is 24.2 Å². The molecule has 0 atom stereocenters. The minimum Gasteiger partial charge on any atom is -0.506 e. The molecule has 1 heterocycles. The molecule has 0 aliphatic carbocycles. The van der Waals surface area contributed by atoms with Crippen LogP contribution < -0.4 is 0 Å². The number of aromatic hydroxyl groups is 1. The summed E-state index contributed by atoms with van der Waals surface area (Å²) in [7, 11) is 0. The van der Waals surface area contributed by atoms with Gasteiger partial charge < -0.3 is 14.4 Å². The Labute approximate surface area is 211 Å². The number of alkyl halides is 3. The number of imidazole rings is 1. The maximum absolute atomic E-state index is 12.8. The van der Waals surface area contributed by atoms with Crippen molar-refractivity contribution in [3.63, 3.8) is 0 Å². The number of halogens is 3. The number of aromatic nitrogens is 2. The monoisotopic (exact) mass is 510 g/mol. The summed E-state index contributed by atoms with van der Waals surface area (Å²) in [5.74, 6) is -3.19. The first-order chi connectivity index (χ1) is 17.6. The van der Waals surface area contributed by atoms with Crippen molar-refractivity contribution in [2.45, 2.75) is 45.8 Å². The van der Waals surface area contributed by atoms with E-state index in [0.29, 0.717) is 34.1 Å². The van der Waals surface area contributed by atoms with Gasteiger partial charge in [0, 0.05) is 13.0 Å². The number of rotatable bonds is 7. The normalized spacial score (nSPS) is 11.6. The van der Waals surface area contributed by atoms with E-state index in [2.05, 4.69) is 11.7 Å². The fraction of sp³-hybridized carbons (Fsp3) is 0.250. The van der Waals surface area contributed by atoms with E-state index in [1.807, 2.05) is 11.5 Å². The van der Waals surface area contributed by atoms with Gasteiger partial charge >= 0.3 is 18.1 Å². The van der Waals surface area contributed by atoms with Crippen LogP contribution in [0.3, 0.4) is 0 Å². The number of unbranched alkanes of at least 4 members (excludes halogenated alkanes) is 1. The maximum atomic E-state index is 12.8. The van der Waals surface area contributed by atoms with Crippen LogP contribution in [-0.2, 0) is 22.5 Å². The number of ether oxygens (including phenoxy) is 1. The molecule has 0 bridgehead atoms. The summed E-state index contributed by atoms with van der Waals surface area (Å²) in [6, 6.07) is 16.7. The molecule has 192 valence electrons. The molecule has 0 aliphatic rings. The highest BCUT2D eigenvalue weighted by Gasteiger charge is 2.42. The molecule has 0 aliphatic heterocycles. The third-order valence-electron chi connectivity index (χ3n) is 6.05. The van der Waals surface area contributed by atoms with Crippen molar-refractivity contribution in [2.75, 3.05) is 0 Å². The van der Waals surface area contributed by atoms with Crippen molar-refractivity contribution in [1.29, 1.82) is 0 Å². The van der Waals surface area contributed by atoms with Gasteiger partial charge in [-0.15, -0.1) is 0 Å². The van der Waals surface area contributed by atoms with Crippen LogP contribution >= 0.6 is 0 Å². The summed E-state index contributed by atoms with van der Waals surface area (Å²) in [6.07, 6.45) is -2.85. The molecule has 37 heavy (non-hydrogen) atoms. The van der Waals surface area contributed by atoms with Gasteiger partial charge in [-0.25, -0.2) is 14.6 Å². The highest BCUT2D eigenvalue weighted by atomic mass is 19.4. The number of fused-ring (bicyclic) bond motifs is 1. The first-order valence-electron chi connectivity index (χ1n) is 11.8. The minimum absolute atomic E-state index is 0.0483. The van der Waals surface area contributed by atoms with E-state index in [4.69, 9.17) is 4.98 Å². The summed E-state index contributed by atoms with van der Waals surface area (Å²) in [5, 5.41) is 10.6. The number of phenols is 1. The Morgan fingerprint density at radius 2 is 1.78 bits per heavy atom. The SMILES string of the molecule is CCCCc1nc2c(C)ccc(O)c2n1Cc1ccc(-c2ccccc2)c(C(=O)OC(=O)C(F)(F)F)c1. The molecule has 0 amide bonds. The third kappa shape index (κ3) is 5.50. The van der Waals surface area contributed by atoms with Crippen LogP contribution in [0.4, 0.5) is 13.2 Å². The van der Waals surface area contributed by atoms with Gasteiger partial charge in [0.15, 0.2) is 0 Å². The quantitative estimate of drug-likeness (QED) is 0.231. The standard InChI is InChI=1S/C28H25F3N2O4/c1-3-4-10-23-32-24-17(2)11-14-22(34)25(24)33(23)16-18-12-13-20(19-8-6-5-7-9-19)21(15-18)26(35)37-27(36)28(29,30)31/h5-9,11-15,34H,3-4,10,16H2,1-2H3. The van der Waals surface area contributed by atoms with Crippen LogP contribution in [0, 0.1) is 6.92 Å². The Bertz CT molecular complexity index is 1460. The average molecular weight is 511 g/mol. The zero-order valence-electron chi connectivity index (χ0n) is 20.3. The number of esters is 2. The van der Waals surface area contributed by atoms with Gasteiger partial charge in [-0.3, -0.25) is 0 Å². The first kappa shape index (κ1) is 25.9. The van der Waals surface area contributed by atoms with Crippen LogP contribution in [0.2, 0.25) is 0 Å². The van der Waals surface area contributed by atoms with Gasteiger partial charge in [0.2, 0.25) is 0 Å². The Morgan fingerprint density at radius 3 is 2.46 bits per heavy atom. The van der Waals surface area contributed by atoms with E-state index >= 15 is 0 Å². The van der Waals surface area contributed by atoms with Crippen LogP contribution in [0.5, 0.6) is 5.75 Å². The van der Waals surface area contributed by atoms with Crippen LogP contribution in [0.25, 0.3) is 22.2 Å². The number of carbonyl (C=O) groups is 2. The smallest absolute Gasteiger partial charge is 0.491 e. The maximum Gasteiger partial charge on any atom is 0.491 e. The number of phenolic OH excluding ortho intramolecular Hbond substituents is 1. The predicted octanol–water partition coefficient (Wildman–Crippen LogP) is 6.35. The van der Waals surface area contributed by atoms with Gasteiger partial charge in [-0.05, 0) is 47.7 Å². The molecule has 0 saturated heterocycles. The summed E-state index contributed by atoms with van der Waals surface area (Å²) in [4.78, 5) is 28.9. The largest absolute Gasteiger partial charge is 0.506 e. The highest BCUT2D eigenvalue weighted by molar-refractivity contribution is 6.03. The number of carbonyl (C=O) groups excluding carboxylic acids is 2. The number of hydrogen-bond donors (Lipinski definition) is 1. The summed E-state index contributed by atoms with van der Waals surface area (Å²) < 4.78 is 44.4. The molecule has 4 rings (SSSR count). The van der Waals surface area contributed by atoms with Crippen LogP contribution in [0.15, 0.2) is 60.7 Å². The Balaban J connectivity index is 1.81. The van der Waals surface area contributed by atoms with Crippen molar-refractivity contribution in [1.82, 2.24) is 9.55 Å². The van der Waals surface area contributed by atoms with E-state index in [-0.39, 0.29) is 17.9 Å². The second-order valence-corrected chi connectivity index (χ2v) is 8.74. The van der Waals surface area contributed by atoms with Crippen LogP contribution in [0.1, 0.15) is 47.1 Å². The molecular formula is C28H25F3N2O4. The fourth-order valence-corrected chi connectivity index (χ4v) is 4.20. The van der Waals surface area contributed by atoms with Crippen LogP contribution in [-0.4, -0.2) is 32.8 Å². The molecule has 1 N–H and O–H groups in total. The lowest BCUT2D eigenvalue weighted by molar-refractivity contribution is -0.193. The van der Waals surface area contributed by atoms with E-state index in [1.165, 1.54) is 6.07 Å². The first-order valence-corrected chi connectivity index (χ1v) is 11.8. The van der Waals surface area contributed by atoms with Gasteiger partial charge in [0.25, 0.3) is 0 Å². The highest BCUT2D eigenvalue weighted by Crippen LogP contribution is 2.31. The lowest BCUT2D eigenvalue weighted by atomic mass is 9.97. The van der Waals surface area contributed by atoms with Crippen molar-refractivity contribution in [3.8, 4) is 16.9 Å². The van der Waals surface area contributed by atoms with E-state index < -0.39 is 18.1 Å². The molecule has 9 heteroatoms.